The minimum Gasteiger partial charge on any atom is -0.380 e. The summed E-state index contributed by atoms with van der Waals surface area (Å²) >= 11 is 0. The van der Waals surface area contributed by atoms with E-state index < -0.39 is 0 Å². The summed E-state index contributed by atoms with van der Waals surface area (Å²) in [5, 5.41) is 2.67. The summed E-state index contributed by atoms with van der Waals surface area (Å²) in [6.45, 7) is 10.7. The van der Waals surface area contributed by atoms with Gasteiger partial charge in [-0.15, -0.1) is 0 Å². The first-order valence-electron chi connectivity index (χ1n) is 8.28. The molecule has 1 N–H and O–H groups in total. The van der Waals surface area contributed by atoms with Crippen molar-refractivity contribution in [1.29, 1.82) is 0 Å². The zero-order valence-electron chi connectivity index (χ0n) is 13.7. The monoisotopic (exact) mass is 312 g/mol. The van der Waals surface area contributed by atoms with E-state index in [0.29, 0.717) is 25.7 Å². The van der Waals surface area contributed by atoms with E-state index in [9.17, 15) is 9.59 Å². The minimum atomic E-state index is -0.257. The van der Waals surface area contributed by atoms with Gasteiger partial charge < -0.3 is 10.1 Å². The van der Waals surface area contributed by atoms with Crippen molar-refractivity contribution in [2.24, 2.45) is 0 Å². The van der Waals surface area contributed by atoms with Crippen LogP contribution < -0.4 is 5.32 Å². The molecular formula is C15H28N4O3. The average molecular weight is 312 g/mol. The molecule has 2 heterocycles. The van der Waals surface area contributed by atoms with E-state index in [1.54, 1.807) is 0 Å². The number of urea groups is 1. The highest BCUT2D eigenvalue weighted by Gasteiger charge is 2.30. The van der Waals surface area contributed by atoms with Crippen molar-refractivity contribution < 1.29 is 14.3 Å². The molecule has 2 fully saturated rings. The number of imide groups is 1. The van der Waals surface area contributed by atoms with Crippen molar-refractivity contribution >= 4 is 11.9 Å². The van der Waals surface area contributed by atoms with Gasteiger partial charge in [-0.05, 0) is 13.3 Å². The fourth-order valence-corrected chi connectivity index (χ4v) is 3.09. The SMILES string of the molecule is CCOCCN1CCN(CC(=O)N2CCNC2=O)C[C@H]1CC. The summed E-state index contributed by atoms with van der Waals surface area (Å²) in [6.07, 6.45) is 1.06. The second-order valence-corrected chi connectivity index (χ2v) is 5.81. The van der Waals surface area contributed by atoms with Crippen LogP contribution in [0.15, 0.2) is 0 Å². The maximum absolute atomic E-state index is 12.2. The third-order valence-electron chi connectivity index (χ3n) is 4.40. The molecule has 7 nitrogen and oxygen atoms in total. The summed E-state index contributed by atoms with van der Waals surface area (Å²) in [7, 11) is 0. The van der Waals surface area contributed by atoms with Crippen LogP contribution >= 0.6 is 0 Å². The highest BCUT2D eigenvalue weighted by molar-refractivity contribution is 5.96. The summed E-state index contributed by atoms with van der Waals surface area (Å²) in [4.78, 5) is 29.7. The molecule has 0 aromatic heterocycles. The molecule has 2 rings (SSSR count). The van der Waals surface area contributed by atoms with Crippen molar-refractivity contribution in [1.82, 2.24) is 20.0 Å². The second-order valence-electron chi connectivity index (χ2n) is 5.81. The molecule has 3 amide bonds. The highest BCUT2D eigenvalue weighted by atomic mass is 16.5. The largest absolute Gasteiger partial charge is 0.380 e. The van der Waals surface area contributed by atoms with Crippen LogP contribution in [0.1, 0.15) is 20.3 Å². The Kier molecular flexibility index (Phi) is 6.60. The Balaban J connectivity index is 1.79. The molecule has 7 heteroatoms. The number of rotatable bonds is 7. The molecule has 0 aromatic rings. The molecule has 0 saturated carbocycles. The predicted octanol–water partition coefficient (Wildman–Crippen LogP) is -0.0291. The smallest absolute Gasteiger partial charge is 0.324 e. The van der Waals surface area contributed by atoms with E-state index in [4.69, 9.17) is 4.74 Å². The van der Waals surface area contributed by atoms with E-state index in [1.165, 1.54) is 4.90 Å². The zero-order chi connectivity index (χ0) is 15.9. The molecule has 0 spiro atoms. The van der Waals surface area contributed by atoms with E-state index in [0.717, 1.165) is 45.8 Å². The van der Waals surface area contributed by atoms with Crippen LogP contribution in [0.3, 0.4) is 0 Å². The summed E-state index contributed by atoms with van der Waals surface area (Å²) < 4.78 is 5.44. The number of nitrogens with one attached hydrogen (secondary N) is 1. The first-order valence-corrected chi connectivity index (χ1v) is 8.28. The Bertz CT molecular complexity index is 391. The van der Waals surface area contributed by atoms with E-state index in [-0.39, 0.29) is 11.9 Å². The Morgan fingerprint density at radius 2 is 2.14 bits per heavy atom. The number of hydrogen-bond donors (Lipinski definition) is 1. The molecule has 2 saturated heterocycles. The van der Waals surface area contributed by atoms with Crippen LogP contribution in [0.5, 0.6) is 0 Å². The first-order chi connectivity index (χ1) is 10.7. The van der Waals surface area contributed by atoms with Crippen molar-refractivity contribution in [3.8, 4) is 0 Å². The second kappa shape index (κ2) is 8.45. The molecule has 126 valence electrons. The fraction of sp³-hybridized carbons (Fsp3) is 0.867. The number of hydrogen-bond acceptors (Lipinski definition) is 5. The van der Waals surface area contributed by atoms with Gasteiger partial charge in [0.05, 0.1) is 13.2 Å². The summed E-state index contributed by atoms with van der Waals surface area (Å²) in [6, 6.07) is 0.196. The lowest BCUT2D eigenvalue weighted by Gasteiger charge is -2.41. The van der Waals surface area contributed by atoms with Crippen LogP contribution in [0.2, 0.25) is 0 Å². The Hall–Kier alpha value is -1.18. The molecule has 0 unspecified atom stereocenters. The number of carbonyl (C=O) groups is 2. The van der Waals surface area contributed by atoms with Gasteiger partial charge in [0, 0.05) is 51.9 Å². The van der Waals surface area contributed by atoms with Crippen LogP contribution in [0.25, 0.3) is 0 Å². The van der Waals surface area contributed by atoms with Gasteiger partial charge in [-0.1, -0.05) is 6.92 Å². The maximum Gasteiger partial charge on any atom is 0.324 e. The lowest BCUT2D eigenvalue weighted by molar-refractivity contribution is -0.129. The number of carbonyl (C=O) groups excluding carboxylic acids is 2. The molecule has 2 aliphatic rings. The molecule has 0 aliphatic carbocycles. The third-order valence-corrected chi connectivity index (χ3v) is 4.40. The fourth-order valence-electron chi connectivity index (χ4n) is 3.09. The normalized spacial score (nSPS) is 23.8. The van der Waals surface area contributed by atoms with Crippen molar-refractivity contribution in [2.45, 2.75) is 26.3 Å². The van der Waals surface area contributed by atoms with Crippen LogP contribution in [0.4, 0.5) is 4.79 Å². The van der Waals surface area contributed by atoms with Crippen molar-refractivity contribution in [2.75, 3.05) is 59.0 Å². The van der Waals surface area contributed by atoms with Gasteiger partial charge in [-0.25, -0.2) is 4.79 Å². The van der Waals surface area contributed by atoms with Crippen molar-refractivity contribution in [3.63, 3.8) is 0 Å². The lowest BCUT2D eigenvalue weighted by Crippen LogP contribution is -2.55. The quantitative estimate of drug-likeness (QED) is 0.669. The topological polar surface area (TPSA) is 65.1 Å². The Labute approximate surface area is 132 Å². The Morgan fingerprint density at radius 1 is 1.32 bits per heavy atom. The lowest BCUT2D eigenvalue weighted by atomic mass is 10.1. The predicted molar refractivity (Wildman–Crippen MR) is 83.7 cm³/mol. The number of piperazine rings is 1. The summed E-state index contributed by atoms with van der Waals surface area (Å²) in [5.41, 5.74) is 0. The van der Waals surface area contributed by atoms with Crippen LogP contribution in [0, 0.1) is 0 Å². The van der Waals surface area contributed by atoms with Gasteiger partial charge in [0.25, 0.3) is 0 Å². The van der Waals surface area contributed by atoms with E-state index >= 15 is 0 Å². The van der Waals surface area contributed by atoms with Gasteiger partial charge in [0.15, 0.2) is 0 Å². The summed E-state index contributed by atoms with van der Waals surface area (Å²) in [5.74, 6) is -0.0902. The van der Waals surface area contributed by atoms with Gasteiger partial charge in [-0.3, -0.25) is 19.5 Å². The van der Waals surface area contributed by atoms with Gasteiger partial charge in [0.1, 0.15) is 0 Å². The van der Waals surface area contributed by atoms with Gasteiger partial charge in [0.2, 0.25) is 5.91 Å². The average Bonchev–Trinajstić information content (AvgIpc) is 2.95. The van der Waals surface area contributed by atoms with Gasteiger partial charge in [-0.2, -0.15) is 0 Å². The zero-order valence-corrected chi connectivity index (χ0v) is 13.7. The number of ether oxygens (including phenoxy) is 1. The Morgan fingerprint density at radius 3 is 2.77 bits per heavy atom. The first kappa shape index (κ1) is 17.2. The number of amides is 3. The molecule has 2 aliphatic heterocycles. The molecule has 0 radical (unpaired) electrons. The molecule has 0 bridgehead atoms. The van der Waals surface area contributed by atoms with Crippen LogP contribution in [-0.4, -0.2) is 91.7 Å². The standard InChI is InChI=1S/C15H28N4O3/c1-3-13-11-17(7-8-18(13)9-10-22-4-2)12-14(20)19-6-5-16-15(19)21/h13H,3-12H2,1-2H3,(H,16,21)/t13-/m1/s1. The van der Waals surface area contributed by atoms with Crippen LogP contribution in [-0.2, 0) is 9.53 Å². The number of nitrogens with zero attached hydrogens (tertiary/aromatic N) is 3. The molecular weight excluding hydrogens is 284 g/mol. The molecule has 1 atom stereocenters. The van der Waals surface area contributed by atoms with Crippen molar-refractivity contribution in [3.05, 3.63) is 0 Å². The van der Waals surface area contributed by atoms with E-state index in [1.807, 2.05) is 6.92 Å². The maximum atomic E-state index is 12.2. The minimum absolute atomic E-state index is 0.0902. The van der Waals surface area contributed by atoms with Gasteiger partial charge >= 0.3 is 6.03 Å². The molecule has 0 aromatic carbocycles. The van der Waals surface area contributed by atoms with E-state index in [2.05, 4.69) is 22.0 Å². The highest BCUT2D eigenvalue weighted by Crippen LogP contribution is 2.13. The third kappa shape index (κ3) is 4.41. The molecule has 22 heavy (non-hydrogen) atoms.